The number of hydrogen-bond acceptors (Lipinski definition) is 4. The van der Waals surface area contributed by atoms with E-state index in [1.807, 2.05) is 0 Å². The molecule has 5 nitrogen and oxygen atoms in total. The van der Waals surface area contributed by atoms with Gasteiger partial charge in [0.15, 0.2) is 0 Å². The van der Waals surface area contributed by atoms with Gasteiger partial charge in [0, 0.05) is 6.54 Å². The molecule has 0 unspecified atom stereocenters. The maximum Gasteiger partial charge on any atom is 0.242 e. The van der Waals surface area contributed by atoms with Crippen molar-refractivity contribution >= 4 is 27.3 Å². The van der Waals surface area contributed by atoms with Gasteiger partial charge in [-0.3, -0.25) is 0 Å². The molecule has 3 N–H and O–H groups in total. The molecule has 112 valence electrons. The number of methoxy groups -OCH3 is 1. The van der Waals surface area contributed by atoms with Crippen LogP contribution in [0.3, 0.4) is 0 Å². The highest BCUT2D eigenvalue weighted by Gasteiger charge is 2.17. The summed E-state index contributed by atoms with van der Waals surface area (Å²) < 4.78 is 31.9. The van der Waals surface area contributed by atoms with Crippen molar-refractivity contribution in [1.29, 1.82) is 0 Å². The highest BCUT2D eigenvalue weighted by atomic mass is 35.5. The van der Waals surface area contributed by atoms with Crippen LogP contribution in [0.25, 0.3) is 0 Å². The molecule has 0 saturated heterocycles. The lowest BCUT2D eigenvalue weighted by molar-refractivity contribution is 0.417. The van der Waals surface area contributed by atoms with E-state index in [0.717, 1.165) is 5.56 Å². The molecular formula is C14H15ClN2O3S. The van der Waals surface area contributed by atoms with Crippen molar-refractivity contribution in [3.05, 3.63) is 53.1 Å². The van der Waals surface area contributed by atoms with Crippen molar-refractivity contribution < 1.29 is 13.2 Å². The van der Waals surface area contributed by atoms with Gasteiger partial charge in [0.2, 0.25) is 10.0 Å². The van der Waals surface area contributed by atoms with Crippen LogP contribution in [-0.4, -0.2) is 15.5 Å². The van der Waals surface area contributed by atoms with Gasteiger partial charge in [0.05, 0.1) is 17.8 Å². The Labute approximate surface area is 128 Å². The number of rotatable bonds is 5. The van der Waals surface area contributed by atoms with Crippen molar-refractivity contribution in [3.63, 3.8) is 0 Å². The zero-order valence-corrected chi connectivity index (χ0v) is 12.9. The summed E-state index contributed by atoms with van der Waals surface area (Å²) in [5.74, 6) is 0.549. The number of halogens is 1. The first-order chi connectivity index (χ1) is 9.94. The molecule has 0 aromatic heterocycles. The third-order valence-electron chi connectivity index (χ3n) is 2.89. The minimum absolute atomic E-state index is 0.0492. The van der Waals surface area contributed by atoms with Gasteiger partial charge in [-0.2, -0.15) is 0 Å². The number of nitrogens with one attached hydrogen (secondary N) is 1. The molecule has 0 saturated carbocycles. The standard InChI is InChI=1S/C14H15ClN2O3S/c1-20-13-7-6-10(8-12(13)16)9-17-21(18,19)14-5-3-2-4-11(14)15/h2-8,17H,9,16H2,1H3. The summed E-state index contributed by atoms with van der Waals surface area (Å²) in [5.41, 5.74) is 6.96. The van der Waals surface area contributed by atoms with Crippen molar-refractivity contribution in [1.82, 2.24) is 4.72 Å². The molecule has 0 aliphatic carbocycles. The molecular weight excluding hydrogens is 312 g/mol. The summed E-state index contributed by atoms with van der Waals surface area (Å²) in [6.45, 7) is 0.113. The molecule has 0 amide bonds. The summed E-state index contributed by atoms with van der Waals surface area (Å²) in [5, 5.41) is 0.180. The fourth-order valence-electron chi connectivity index (χ4n) is 1.81. The molecule has 0 spiro atoms. The number of nitrogens with two attached hydrogens (primary N) is 1. The highest BCUT2D eigenvalue weighted by Crippen LogP contribution is 2.23. The minimum atomic E-state index is -3.67. The first-order valence-electron chi connectivity index (χ1n) is 6.10. The molecule has 2 aromatic rings. The molecule has 0 aliphatic heterocycles. The van der Waals surface area contributed by atoms with Crippen LogP contribution in [0.2, 0.25) is 5.02 Å². The monoisotopic (exact) mass is 326 g/mol. The van der Waals surface area contributed by atoms with Crippen molar-refractivity contribution in [2.24, 2.45) is 0 Å². The molecule has 0 bridgehead atoms. The summed E-state index contributed by atoms with van der Waals surface area (Å²) in [6.07, 6.45) is 0. The van der Waals surface area contributed by atoms with E-state index >= 15 is 0 Å². The second-order valence-electron chi connectivity index (χ2n) is 4.33. The first-order valence-corrected chi connectivity index (χ1v) is 7.97. The Morgan fingerprint density at radius 3 is 2.57 bits per heavy atom. The van der Waals surface area contributed by atoms with E-state index in [0.29, 0.717) is 11.4 Å². The third-order valence-corrected chi connectivity index (χ3v) is 4.79. The van der Waals surface area contributed by atoms with Gasteiger partial charge in [0.25, 0.3) is 0 Å². The smallest absolute Gasteiger partial charge is 0.242 e. The largest absolute Gasteiger partial charge is 0.495 e. The molecule has 2 aromatic carbocycles. The van der Waals surface area contributed by atoms with Crippen LogP contribution in [-0.2, 0) is 16.6 Å². The number of nitrogen functional groups attached to an aromatic ring is 1. The van der Waals surface area contributed by atoms with Crippen LogP contribution in [0.1, 0.15) is 5.56 Å². The molecule has 0 heterocycles. The number of hydrogen-bond donors (Lipinski definition) is 2. The Bertz CT molecular complexity index is 748. The van der Waals surface area contributed by atoms with Crippen LogP contribution >= 0.6 is 11.6 Å². The Morgan fingerprint density at radius 1 is 1.24 bits per heavy atom. The lowest BCUT2D eigenvalue weighted by atomic mass is 10.2. The third kappa shape index (κ3) is 3.66. The van der Waals surface area contributed by atoms with Crippen LogP contribution in [0, 0.1) is 0 Å². The van der Waals surface area contributed by atoms with E-state index < -0.39 is 10.0 Å². The number of ether oxygens (including phenoxy) is 1. The van der Waals surface area contributed by atoms with E-state index in [9.17, 15) is 8.42 Å². The number of sulfonamides is 1. The maximum atomic E-state index is 12.2. The Balaban J connectivity index is 2.16. The first kappa shape index (κ1) is 15.6. The molecule has 7 heteroatoms. The van der Waals surface area contributed by atoms with Crippen molar-refractivity contribution in [2.75, 3.05) is 12.8 Å². The van der Waals surface area contributed by atoms with Gasteiger partial charge < -0.3 is 10.5 Å². The normalized spacial score (nSPS) is 11.3. The zero-order valence-electron chi connectivity index (χ0n) is 11.3. The van der Waals surface area contributed by atoms with Gasteiger partial charge in [-0.05, 0) is 29.8 Å². The average molecular weight is 327 g/mol. The average Bonchev–Trinajstić information content (AvgIpc) is 2.45. The second kappa shape index (κ2) is 6.34. The van der Waals surface area contributed by atoms with Gasteiger partial charge in [-0.25, -0.2) is 13.1 Å². The van der Waals surface area contributed by atoms with Gasteiger partial charge >= 0.3 is 0 Å². The van der Waals surface area contributed by atoms with E-state index in [2.05, 4.69) is 4.72 Å². The molecule has 0 radical (unpaired) electrons. The molecule has 0 atom stereocenters. The number of anilines is 1. The highest BCUT2D eigenvalue weighted by molar-refractivity contribution is 7.89. The Morgan fingerprint density at radius 2 is 1.95 bits per heavy atom. The van der Waals surface area contributed by atoms with Gasteiger partial charge in [-0.15, -0.1) is 0 Å². The van der Waals surface area contributed by atoms with E-state index in [4.69, 9.17) is 22.1 Å². The SMILES string of the molecule is COc1ccc(CNS(=O)(=O)c2ccccc2Cl)cc1N. The summed E-state index contributed by atoms with van der Waals surface area (Å²) >= 11 is 5.90. The predicted molar refractivity (Wildman–Crippen MR) is 82.9 cm³/mol. The van der Waals surface area contributed by atoms with E-state index in [1.54, 1.807) is 30.3 Å². The van der Waals surface area contributed by atoms with E-state index in [-0.39, 0.29) is 16.5 Å². The van der Waals surface area contributed by atoms with Crippen molar-refractivity contribution in [3.8, 4) is 5.75 Å². The van der Waals surface area contributed by atoms with Crippen molar-refractivity contribution in [2.45, 2.75) is 11.4 Å². The Hall–Kier alpha value is -1.76. The molecule has 2 rings (SSSR count). The Kier molecular flexibility index (Phi) is 4.72. The maximum absolute atomic E-state index is 12.2. The topological polar surface area (TPSA) is 81.4 Å². The van der Waals surface area contributed by atoms with E-state index in [1.165, 1.54) is 19.2 Å². The van der Waals surface area contributed by atoms with Crippen LogP contribution in [0.4, 0.5) is 5.69 Å². The predicted octanol–water partition coefficient (Wildman–Crippen LogP) is 2.41. The van der Waals surface area contributed by atoms with Gasteiger partial charge in [0.1, 0.15) is 10.6 Å². The molecule has 0 aliphatic rings. The molecule has 0 fully saturated rings. The fourth-order valence-corrected chi connectivity index (χ4v) is 3.35. The summed E-state index contributed by atoms with van der Waals surface area (Å²) in [6, 6.07) is 11.4. The van der Waals surface area contributed by atoms with Crippen LogP contribution in [0.5, 0.6) is 5.75 Å². The minimum Gasteiger partial charge on any atom is -0.495 e. The second-order valence-corrected chi connectivity index (χ2v) is 6.47. The fraction of sp³-hybridized carbons (Fsp3) is 0.143. The van der Waals surface area contributed by atoms with Gasteiger partial charge in [-0.1, -0.05) is 29.8 Å². The lowest BCUT2D eigenvalue weighted by Crippen LogP contribution is -2.23. The van der Waals surface area contributed by atoms with Crippen LogP contribution in [0.15, 0.2) is 47.4 Å². The van der Waals surface area contributed by atoms with Crippen LogP contribution < -0.4 is 15.2 Å². The number of benzene rings is 2. The summed E-state index contributed by atoms with van der Waals surface area (Å²) in [4.78, 5) is 0.0492. The lowest BCUT2D eigenvalue weighted by Gasteiger charge is -2.10. The zero-order chi connectivity index (χ0) is 15.5. The summed E-state index contributed by atoms with van der Waals surface area (Å²) in [7, 11) is -2.15. The quantitative estimate of drug-likeness (QED) is 0.827. The molecule has 21 heavy (non-hydrogen) atoms.